The Bertz CT molecular complexity index is 172. The Morgan fingerprint density at radius 1 is 1.86 bits per heavy atom. The highest BCUT2D eigenvalue weighted by atomic mass is 16.5. The fraction of sp³-hybridized carbons (Fsp3) is 0. The summed E-state index contributed by atoms with van der Waals surface area (Å²) in [5.41, 5.74) is 0.208. The molecule has 0 fully saturated rings. The summed E-state index contributed by atoms with van der Waals surface area (Å²) < 4.78 is 4.15. The van der Waals surface area contributed by atoms with Gasteiger partial charge in [-0.15, -0.1) is 0 Å². The van der Waals surface area contributed by atoms with E-state index in [1.165, 1.54) is 0 Å². The van der Waals surface area contributed by atoms with Crippen molar-refractivity contribution in [3.63, 3.8) is 0 Å². The summed E-state index contributed by atoms with van der Waals surface area (Å²) in [6.45, 7) is 0. The molecule has 1 aromatic rings. The van der Waals surface area contributed by atoms with E-state index in [9.17, 15) is 0 Å². The van der Waals surface area contributed by atoms with Gasteiger partial charge >= 0.3 is 0 Å². The van der Waals surface area contributed by atoms with E-state index in [0.717, 1.165) is 0 Å². The van der Waals surface area contributed by atoms with Gasteiger partial charge in [-0.2, -0.15) is 5.26 Å². The summed E-state index contributed by atoms with van der Waals surface area (Å²) >= 11 is 0. The van der Waals surface area contributed by atoms with Gasteiger partial charge in [0.1, 0.15) is 11.6 Å². The maximum absolute atomic E-state index is 8.01. The first-order valence-electron chi connectivity index (χ1n) is 1.58. The van der Waals surface area contributed by atoms with Crippen molar-refractivity contribution < 1.29 is 4.52 Å². The van der Waals surface area contributed by atoms with Crippen molar-refractivity contribution in [3.8, 4) is 6.07 Å². The van der Waals surface area contributed by atoms with Gasteiger partial charge in [-0.05, 0) is 0 Å². The molecule has 0 aliphatic carbocycles. The van der Waals surface area contributed by atoms with E-state index >= 15 is 0 Å². The Morgan fingerprint density at radius 2 is 2.71 bits per heavy atom. The Morgan fingerprint density at radius 3 is 3.00 bits per heavy atom. The topological polar surface area (TPSA) is 49.8 Å². The molecule has 3 heteroatoms. The van der Waals surface area contributed by atoms with Gasteiger partial charge in [0.25, 0.3) is 0 Å². The minimum absolute atomic E-state index is 0.208. The molecule has 2 radical (unpaired) electrons. The van der Waals surface area contributed by atoms with E-state index in [1.54, 1.807) is 6.07 Å². The van der Waals surface area contributed by atoms with Crippen LogP contribution in [-0.4, -0.2) is 5.16 Å². The van der Waals surface area contributed by atoms with Crippen molar-refractivity contribution in [2.45, 2.75) is 0 Å². The first-order valence-corrected chi connectivity index (χ1v) is 1.58. The minimum Gasteiger partial charge on any atom is -0.351 e. The molecule has 0 N–H and O–H groups in total. The molecule has 0 bridgehead atoms. The second kappa shape index (κ2) is 1.43. The molecule has 0 aliphatic rings. The summed E-state index contributed by atoms with van der Waals surface area (Å²) in [4.78, 5) is 0. The summed E-state index contributed by atoms with van der Waals surface area (Å²) in [7, 11) is 0. The number of hydrogen-bond donors (Lipinski definition) is 0. The lowest BCUT2D eigenvalue weighted by Crippen LogP contribution is -1.58. The normalized spacial score (nSPS) is 7.86. The number of hydrogen-bond acceptors (Lipinski definition) is 3. The van der Waals surface area contributed by atoms with Crippen molar-refractivity contribution in [2.24, 2.45) is 0 Å². The molecular formula is C4N2O. The molecular weight excluding hydrogens is 92.1 g/mol. The average Bonchev–Trinajstić information content (AvgIpc) is 2.14. The molecule has 0 atom stereocenters. The van der Waals surface area contributed by atoms with Crippen molar-refractivity contribution in [1.29, 1.82) is 5.26 Å². The predicted octanol–water partition coefficient (Wildman–Crippen LogP) is 0.147. The molecule has 0 aliphatic heterocycles. The first-order chi connectivity index (χ1) is 3.43. The van der Waals surface area contributed by atoms with Crippen molar-refractivity contribution in [3.05, 3.63) is 18.0 Å². The highest BCUT2D eigenvalue weighted by molar-refractivity contribution is 5.16. The fourth-order valence-electron chi connectivity index (χ4n) is 0.208. The van der Waals surface area contributed by atoms with E-state index in [0.29, 0.717) is 0 Å². The molecule has 0 amide bonds. The minimum atomic E-state index is 0.208. The molecule has 1 heterocycles. The highest BCUT2D eigenvalue weighted by Crippen LogP contribution is 1.87. The van der Waals surface area contributed by atoms with E-state index < -0.39 is 0 Å². The Balaban J connectivity index is 3.04. The molecule has 3 nitrogen and oxygen atoms in total. The zero-order chi connectivity index (χ0) is 5.11. The lowest BCUT2D eigenvalue weighted by Gasteiger charge is -1.53. The van der Waals surface area contributed by atoms with Crippen LogP contribution in [0.3, 0.4) is 0 Å². The smallest absolute Gasteiger partial charge is 0.224 e. The van der Waals surface area contributed by atoms with Gasteiger partial charge in [-0.3, -0.25) is 0 Å². The van der Waals surface area contributed by atoms with Gasteiger partial charge in [-0.25, -0.2) is 0 Å². The fourth-order valence-corrected chi connectivity index (χ4v) is 0.208. The zero-order valence-electron chi connectivity index (χ0n) is 3.30. The van der Waals surface area contributed by atoms with Crippen LogP contribution in [0.25, 0.3) is 0 Å². The molecule has 0 saturated heterocycles. The SMILES string of the molecule is N#Cc1[c]no[c]1. The van der Waals surface area contributed by atoms with Crippen LogP contribution >= 0.6 is 0 Å². The van der Waals surface area contributed by atoms with E-state index in [4.69, 9.17) is 5.26 Å². The van der Waals surface area contributed by atoms with Crippen LogP contribution in [0, 0.1) is 23.8 Å². The maximum atomic E-state index is 8.01. The molecule has 1 rings (SSSR count). The molecule has 0 saturated carbocycles. The third-order valence-corrected chi connectivity index (χ3v) is 0.463. The lowest BCUT2D eigenvalue weighted by atomic mass is 10.4. The number of nitriles is 1. The van der Waals surface area contributed by atoms with E-state index in [2.05, 4.69) is 22.1 Å². The molecule has 1 aromatic heterocycles. The van der Waals surface area contributed by atoms with Crippen LogP contribution in [0.4, 0.5) is 0 Å². The second-order valence-electron chi connectivity index (χ2n) is 0.883. The van der Waals surface area contributed by atoms with Gasteiger partial charge in [0.15, 0.2) is 6.20 Å². The summed E-state index contributed by atoms with van der Waals surface area (Å²) in [5, 5.41) is 11.1. The Kier molecular flexibility index (Phi) is 0.794. The molecule has 7 heavy (non-hydrogen) atoms. The van der Waals surface area contributed by atoms with Crippen molar-refractivity contribution >= 4 is 0 Å². The number of nitrogens with zero attached hydrogens (tertiary/aromatic N) is 2. The molecule has 0 aromatic carbocycles. The Labute approximate surface area is 40.2 Å². The van der Waals surface area contributed by atoms with Gasteiger partial charge in [0.05, 0.1) is 0 Å². The zero-order valence-corrected chi connectivity index (χ0v) is 3.30. The Hall–Kier alpha value is -1.30. The average molecular weight is 92.1 g/mol. The second-order valence-corrected chi connectivity index (χ2v) is 0.883. The molecule has 32 valence electrons. The summed E-state index contributed by atoms with van der Waals surface area (Å²) in [6.07, 6.45) is 4.44. The van der Waals surface area contributed by atoms with Gasteiger partial charge in [0, 0.05) is 0 Å². The van der Waals surface area contributed by atoms with Gasteiger partial charge < -0.3 is 4.52 Å². The van der Waals surface area contributed by atoms with Gasteiger partial charge in [0.2, 0.25) is 6.26 Å². The number of aromatic nitrogens is 1. The van der Waals surface area contributed by atoms with Crippen LogP contribution < -0.4 is 0 Å². The van der Waals surface area contributed by atoms with Gasteiger partial charge in [-0.1, -0.05) is 5.16 Å². The van der Waals surface area contributed by atoms with Crippen LogP contribution in [0.5, 0.6) is 0 Å². The third-order valence-electron chi connectivity index (χ3n) is 0.463. The van der Waals surface area contributed by atoms with Crippen LogP contribution in [0.2, 0.25) is 0 Å². The summed E-state index contributed by atoms with van der Waals surface area (Å²) in [6, 6.07) is 1.74. The monoisotopic (exact) mass is 92.0 g/mol. The molecule has 0 unspecified atom stereocenters. The largest absolute Gasteiger partial charge is 0.351 e. The maximum Gasteiger partial charge on any atom is 0.224 e. The van der Waals surface area contributed by atoms with Crippen LogP contribution in [0.1, 0.15) is 5.56 Å². The molecule has 0 spiro atoms. The third kappa shape index (κ3) is 0.578. The van der Waals surface area contributed by atoms with Crippen molar-refractivity contribution in [2.75, 3.05) is 0 Å². The standard InChI is InChI=1S/C4N2O/c5-1-4-2-6-7-3-4. The highest BCUT2D eigenvalue weighted by Gasteiger charge is 1.89. The van der Waals surface area contributed by atoms with Crippen LogP contribution in [0.15, 0.2) is 4.52 Å². The quantitative estimate of drug-likeness (QED) is 0.457. The van der Waals surface area contributed by atoms with Crippen LogP contribution in [-0.2, 0) is 0 Å². The van der Waals surface area contributed by atoms with E-state index in [-0.39, 0.29) is 5.56 Å². The van der Waals surface area contributed by atoms with Crippen molar-refractivity contribution in [1.82, 2.24) is 5.16 Å². The first kappa shape index (κ1) is 3.88. The lowest BCUT2D eigenvalue weighted by molar-refractivity contribution is 0.411. The number of rotatable bonds is 0. The van der Waals surface area contributed by atoms with E-state index in [1.807, 2.05) is 0 Å². The predicted molar refractivity (Wildman–Crippen MR) is 18.9 cm³/mol. The summed E-state index contributed by atoms with van der Waals surface area (Å²) in [5.74, 6) is 0.